The van der Waals surface area contributed by atoms with Gasteiger partial charge in [0.1, 0.15) is 17.7 Å². The molecule has 0 aliphatic heterocycles. The fourth-order valence-corrected chi connectivity index (χ4v) is 2.61. The van der Waals surface area contributed by atoms with Gasteiger partial charge < -0.3 is 9.73 Å². The topological polar surface area (TPSA) is 125 Å². The smallest absolute Gasteiger partial charge is 0.272 e. The Balaban J connectivity index is 1.64. The zero-order chi connectivity index (χ0) is 19.3. The fraction of sp³-hybridized carbons (Fsp3) is 0.167. The Morgan fingerprint density at radius 2 is 1.96 bits per heavy atom. The normalized spacial score (nSPS) is 11.9. The first kappa shape index (κ1) is 17.5. The number of aromatic nitrogens is 7. The van der Waals surface area contributed by atoms with E-state index in [1.54, 1.807) is 30.7 Å². The van der Waals surface area contributed by atoms with Crippen LogP contribution < -0.4 is 5.32 Å². The number of nitrogens with one attached hydrogen (secondary N) is 1. The molecule has 1 amide bonds. The molecule has 1 atom stereocenters. The number of pyridine rings is 1. The molecular weight excluding hydrogens is 360 g/mol. The van der Waals surface area contributed by atoms with Gasteiger partial charge in [0, 0.05) is 12.2 Å². The molecule has 4 rings (SSSR count). The zero-order valence-electron chi connectivity index (χ0n) is 14.9. The van der Waals surface area contributed by atoms with E-state index in [9.17, 15) is 4.79 Å². The third-order valence-corrected chi connectivity index (χ3v) is 3.83. The molecule has 0 radical (unpaired) electrons. The van der Waals surface area contributed by atoms with Gasteiger partial charge in [-0.1, -0.05) is 6.07 Å². The molecule has 0 aliphatic carbocycles. The minimum Gasteiger partial charge on any atom is -0.443 e. The van der Waals surface area contributed by atoms with E-state index in [0.717, 1.165) is 0 Å². The van der Waals surface area contributed by atoms with Gasteiger partial charge in [0.05, 0.1) is 37.0 Å². The Labute approximate surface area is 159 Å². The molecule has 0 bridgehead atoms. The van der Waals surface area contributed by atoms with Crippen molar-refractivity contribution in [1.82, 2.24) is 40.2 Å². The maximum atomic E-state index is 12.8. The van der Waals surface area contributed by atoms with Crippen molar-refractivity contribution < 1.29 is 9.21 Å². The molecule has 4 heterocycles. The molecular formula is C18H16N8O2. The van der Waals surface area contributed by atoms with Crippen LogP contribution in [0.4, 0.5) is 0 Å². The summed E-state index contributed by atoms with van der Waals surface area (Å²) in [6, 6.07) is 5.14. The van der Waals surface area contributed by atoms with Crippen LogP contribution in [0.5, 0.6) is 0 Å². The van der Waals surface area contributed by atoms with Crippen LogP contribution >= 0.6 is 0 Å². The van der Waals surface area contributed by atoms with Gasteiger partial charge in [0.15, 0.2) is 5.69 Å². The largest absolute Gasteiger partial charge is 0.443 e. The lowest BCUT2D eigenvalue weighted by Crippen LogP contribution is -2.37. The number of amides is 1. The maximum absolute atomic E-state index is 12.8. The van der Waals surface area contributed by atoms with Gasteiger partial charge in [-0.3, -0.25) is 9.78 Å². The van der Waals surface area contributed by atoms with Gasteiger partial charge in [0.25, 0.3) is 5.91 Å². The number of rotatable bonds is 6. The molecule has 4 aromatic heterocycles. The summed E-state index contributed by atoms with van der Waals surface area (Å²) in [7, 11) is 0. The highest BCUT2D eigenvalue weighted by Crippen LogP contribution is 2.22. The molecule has 0 fully saturated rings. The second kappa shape index (κ2) is 7.74. The highest BCUT2D eigenvalue weighted by molar-refractivity contribution is 5.98. The van der Waals surface area contributed by atoms with Crippen LogP contribution in [0, 0.1) is 0 Å². The molecule has 0 aromatic carbocycles. The Kier molecular flexibility index (Phi) is 4.83. The zero-order valence-corrected chi connectivity index (χ0v) is 14.9. The molecule has 0 aliphatic rings. The molecule has 4 aromatic rings. The van der Waals surface area contributed by atoms with Crippen LogP contribution in [0.15, 0.2) is 59.9 Å². The lowest BCUT2D eigenvalue weighted by Gasteiger charge is -2.14. The summed E-state index contributed by atoms with van der Waals surface area (Å²) < 4.78 is 5.28. The number of hydrogen-bond acceptors (Lipinski definition) is 8. The molecule has 10 heteroatoms. The molecule has 140 valence electrons. The summed E-state index contributed by atoms with van der Waals surface area (Å²) in [5, 5.41) is 11.0. The van der Waals surface area contributed by atoms with Crippen LogP contribution in [0.25, 0.3) is 23.0 Å². The third-order valence-electron chi connectivity index (χ3n) is 3.83. The van der Waals surface area contributed by atoms with Gasteiger partial charge in [-0.2, -0.15) is 15.0 Å². The van der Waals surface area contributed by atoms with E-state index < -0.39 is 0 Å². The Hall–Kier alpha value is -3.95. The summed E-state index contributed by atoms with van der Waals surface area (Å²) in [5.74, 6) is -0.0541. The summed E-state index contributed by atoms with van der Waals surface area (Å²) in [5.41, 5.74) is 1.44. The van der Waals surface area contributed by atoms with Crippen molar-refractivity contribution in [2.75, 3.05) is 0 Å². The van der Waals surface area contributed by atoms with Gasteiger partial charge in [-0.25, -0.2) is 15.0 Å². The standard InChI is InChI=1S/C18H16N8O2/c1-12(11-26-22-6-7-23-26)24-17(27)16-15(13-4-2-3-5-19-13)25-14(10-21-16)18-20-8-9-28-18/h2-10,12H,11H2,1H3,(H,24,27)/t12-/m0/s1. The summed E-state index contributed by atoms with van der Waals surface area (Å²) in [4.78, 5) is 31.5. The van der Waals surface area contributed by atoms with E-state index >= 15 is 0 Å². The molecule has 10 nitrogen and oxygen atoms in total. The highest BCUT2D eigenvalue weighted by Gasteiger charge is 2.21. The van der Waals surface area contributed by atoms with Crippen molar-refractivity contribution in [3.8, 4) is 23.0 Å². The van der Waals surface area contributed by atoms with E-state index in [1.807, 2.05) is 13.0 Å². The van der Waals surface area contributed by atoms with Crippen molar-refractivity contribution in [2.24, 2.45) is 0 Å². The van der Waals surface area contributed by atoms with E-state index in [2.05, 4.69) is 35.5 Å². The summed E-state index contributed by atoms with van der Waals surface area (Å²) >= 11 is 0. The second-order valence-electron chi connectivity index (χ2n) is 5.96. The van der Waals surface area contributed by atoms with Crippen LogP contribution in [0.2, 0.25) is 0 Å². The van der Waals surface area contributed by atoms with E-state index in [1.165, 1.54) is 23.5 Å². The van der Waals surface area contributed by atoms with Crippen LogP contribution in [-0.2, 0) is 6.54 Å². The molecule has 1 N–H and O–H groups in total. The summed E-state index contributed by atoms with van der Waals surface area (Å²) in [6.07, 6.45) is 9.21. The van der Waals surface area contributed by atoms with E-state index in [4.69, 9.17) is 4.42 Å². The molecule has 0 unspecified atom stereocenters. The molecule has 28 heavy (non-hydrogen) atoms. The third kappa shape index (κ3) is 3.75. The number of carbonyl (C=O) groups is 1. The first-order chi connectivity index (χ1) is 13.7. The van der Waals surface area contributed by atoms with E-state index in [-0.39, 0.29) is 17.6 Å². The van der Waals surface area contributed by atoms with Crippen molar-refractivity contribution >= 4 is 5.91 Å². The quantitative estimate of drug-likeness (QED) is 0.538. The van der Waals surface area contributed by atoms with Crippen molar-refractivity contribution in [2.45, 2.75) is 19.5 Å². The van der Waals surface area contributed by atoms with Gasteiger partial charge in [-0.05, 0) is 19.1 Å². The average molecular weight is 376 g/mol. The van der Waals surface area contributed by atoms with Crippen molar-refractivity contribution in [1.29, 1.82) is 0 Å². The van der Waals surface area contributed by atoms with Crippen LogP contribution in [0.3, 0.4) is 0 Å². The van der Waals surface area contributed by atoms with Crippen molar-refractivity contribution in [3.05, 3.63) is 61.1 Å². The fourth-order valence-electron chi connectivity index (χ4n) is 2.61. The minimum atomic E-state index is -0.369. The van der Waals surface area contributed by atoms with Gasteiger partial charge in [0.2, 0.25) is 5.89 Å². The monoisotopic (exact) mass is 376 g/mol. The highest BCUT2D eigenvalue weighted by atomic mass is 16.3. The minimum absolute atomic E-state index is 0.161. The number of carbonyl (C=O) groups excluding carboxylic acids is 1. The second-order valence-corrected chi connectivity index (χ2v) is 5.96. The Morgan fingerprint density at radius 1 is 1.11 bits per heavy atom. The average Bonchev–Trinajstić information content (AvgIpc) is 3.42. The molecule has 0 saturated carbocycles. The van der Waals surface area contributed by atoms with E-state index in [0.29, 0.717) is 29.5 Å². The predicted octanol–water partition coefficient (Wildman–Crippen LogP) is 1.60. The lowest BCUT2D eigenvalue weighted by molar-refractivity contribution is 0.0930. The Bertz CT molecular complexity index is 1050. The maximum Gasteiger partial charge on any atom is 0.272 e. The van der Waals surface area contributed by atoms with Crippen LogP contribution in [0.1, 0.15) is 17.4 Å². The first-order valence-electron chi connectivity index (χ1n) is 8.54. The molecule has 0 spiro atoms. The SMILES string of the molecule is C[C@@H](Cn1nccn1)NC(=O)c1ncc(-c2ncco2)nc1-c1ccccn1. The van der Waals surface area contributed by atoms with Gasteiger partial charge in [-0.15, -0.1) is 0 Å². The Morgan fingerprint density at radius 3 is 2.68 bits per heavy atom. The van der Waals surface area contributed by atoms with Crippen molar-refractivity contribution in [3.63, 3.8) is 0 Å². The summed E-state index contributed by atoms with van der Waals surface area (Å²) in [6.45, 7) is 2.29. The number of oxazole rings is 1. The number of nitrogens with zero attached hydrogens (tertiary/aromatic N) is 7. The first-order valence-corrected chi connectivity index (χ1v) is 8.54. The molecule has 0 saturated heterocycles. The number of hydrogen-bond donors (Lipinski definition) is 1. The lowest BCUT2D eigenvalue weighted by atomic mass is 10.2. The predicted molar refractivity (Wildman–Crippen MR) is 97.7 cm³/mol. The van der Waals surface area contributed by atoms with Crippen LogP contribution in [-0.4, -0.2) is 46.9 Å². The van der Waals surface area contributed by atoms with Gasteiger partial charge >= 0.3 is 0 Å².